The van der Waals surface area contributed by atoms with Gasteiger partial charge in [0.05, 0.1) is 0 Å². The van der Waals surface area contributed by atoms with Crippen LogP contribution >= 0.6 is 28.3 Å². The Morgan fingerprint density at radius 2 is 2.09 bits per heavy atom. The van der Waals surface area contributed by atoms with Crippen LogP contribution in [0.5, 0.6) is 0 Å². The highest BCUT2D eigenvalue weighted by Crippen LogP contribution is 2.50. The van der Waals surface area contributed by atoms with E-state index in [0.29, 0.717) is 29.7 Å². The average Bonchev–Trinajstić information content (AvgIpc) is 3.04. The highest BCUT2D eigenvalue weighted by atomic mass is 79.9. The number of fused-ring (bicyclic) bond motifs is 1. The Morgan fingerprint density at radius 3 is 2.82 bits per heavy atom. The lowest BCUT2D eigenvalue weighted by Gasteiger charge is -2.19. The average molecular weight is 386 g/mol. The van der Waals surface area contributed by atoms with Gasteiger partial charge in [0.1, 0.15) is 0 Å². The zero-order valence-electron chi connectivity index (χ0n) is 12.5. The number of hydrogen-bond donors (Lipinski definition) is 1. The van der Waals surface area contributed by atoms with Gasteiger partial charge >= 0.3 is 0 Å². The van der Waals surface area contributed by atoms with E-state index in [1.807, 2.05) is 6.07 Å². The summed E-state index contributed by atoms with van der Waals surface area (Å²) in [6, 6.07) is 8.68. The zero-order chi connectivity index (χ0) is 14.6. The highest BCUT2D eigenvalue weighted by molar-refractivity contribution is 9.10. The summed E-state index contributed by atoms with van der Waals surface area (Å²) in [4.78, 5) is 14.8. The van der Waals surface area contributed by atoms with E-state index < -0.39 is 0 Å². The molecule has 2 aliphatic carbocycles. The molecular formula is C17H22BrClN2O. The molecule has 3 fully saturated rings. The van der Waals surface area contributed by atoms with Gasteiger partial charge in [0.2, 0.25) is 5.91 Å². The van der Waals surface area contributed by atoms with Crippen molar-refractivity contribution in [2.75, 3.05) is 13.1 Å². The third kappa shape index (κ3) is 2.81. The highest BCUT2D eigenvalue weighted by Gasteiger charge is 2.49. The van der Waals surface area contributed by atoms with Crippen molar-refractivity contribution in [3.63, 3.8) is 0 Å². The van der Waals surface area contributed by atoms with Crippen molar-refractivity contribution >= 4 is 34.2 Å². The largest absolute Gasteiger partial charge is 0.342 e. The van der Waals surface area contributed by atoms with Gasteiger partial charge in [-0.15, -0.1) is 12.4 Å². The summed E-state index contributed by atoms with van der Waals surface area (Å²) in [7, 11) is 0. The van der Waals surface area contributed by atoms with Crippen molar-refractivity contribution in [1.82, 2.24) is 4.90 Å². The maximum absolute atomic E-state index is 12.7. The number of benzene rings is 1. The fraction of sp³-hybridized carbons (Fsp3) is 0.588. The Bertz CT molecular complexity index is 582. The summed E-state index contributed by atoms with van der Waals surface area (Å²) in [6.07, 6.45) is 3.35. The number of carbonyl (C=O) groups is 1. The van der Waals surface area contributed by atoms with Crippen LogP contribution in [0, 0.1) is 17.8 Å². The molecule has 1 aromatic carbocycles. The van der Waals surface area contributed by atoms with E-state index in [2.05, 4.69) is 39.0 Å². The molecule has 5 atom stereocenters. The fourth-order valence-electron chi connectivity index (χ4n) is 4.30. The molecule has 0 spiro atoms. The van der Waals surface area contributed by atoms with Gasteiger partial charge in [-0.25, -0.2) is 0 Å². The van der Waals surface area contributed by atoms with E-state index >= 15 is 0 Å². The third-order valence-electron chi connectivity index (χ3n) is 5.61. The summed E-state index contributed by atoms with van der Waals surface area (Å²) in [5.74, 6) is 2.20. The van der Waals surface area contributed by atoms with Crippen molar-refractivity contribution < 1.29 is 4.79 Å². The topological polar surface area (TPSA) is 46.3 Å². The van der Waals surface area contributed by atoms with E-state index in [4.69, 9.17) is 5.73 Å². The molecule has 120 valence electrons. The first-order valence-electron chi connectivity index (χ1n) is 7.93. The molecule has 5 heteroatoms. The molecule has 1 amide bonds. The first-order chi connectivity index (χ1) is 10.1. The van der Waals surface area contributed by atoms with Gasteiger partial charge in [-0.2, -0.15) is 0 Å². The molecule has 4 rings (SSSR count). The molecule has 22 heavy (non-hydrogen) atoms. The molecule has 1 aliphatic heterocycles. The number of likely N-dealkylation sites (tertiary alicyclic amines) is 1. The van der Waals surface area contributed by atoms with E-state index in [0.717, 1.165) is 30.4 Å². The van der Waals surface area contributed by atoms with E-state index in [-0.39, 0.29) is 18.3 Å². The lowest BCUT2D eigenvalue weighted by atomic mass is 9.98. The second kappa shape index (κ2) is 6.14. The third-order valence-corrected chi connectivity index (χ3v) is 6.10. The summed E-state index contributed by atoms with van der Waals surface area (Å²) in [5, 5.41) is 0. The minimum atomic E-state index is 0. The second-order valence-corrected chi connectivity index (χ2v) is 7.83. The van der Waals surface area contributed by atoms with Gasteiger partial charge in [-0.1, -0.05) is 28.1 Å². The van der Waals surface area contributed by atoms with Crippen molar-refractivity contribution in [3.8, 4) is 0 Å². The van der Waals surface area contributed by atoms with Crippen LogP contribution in [0.2, 0.25) is 0 Å². The lowest BCUT2D eigenvalue weighted by Crippen LogP contribution is -2.34. The normalized spacial score (nSPS) is 35.9. The number of hydrogen-bond acceptors (Lipinski definition) is 2. The molecule has 2 N–H and O–H groups in total. The minimum absolute atomic E-state index is 0. The van der Waals surface area contributed by atoms with Crippen LogP contribution in [0.25, 0.3) is 0 Å². The summed E-state index contributed by atoms with van der Waals surface area (Å²) >= 11 is 3.51. The number of halogens is 2. The predicted molar refractivity (Wildman–Crippen MR) is 93.0 cm³/mol. The standard InChI is InChI=1S/C17H21BrN2O.ClH/c18-12-3-1-2-10(6-12)13-7-14(13)17(21)20-8-11-4-5-16(19)15(11)9-20;/h1-3,6,11,13-16H,4-5,7-9,19H2;1H. The zero-order valence-corrected chi connectivity index (χ0v) is 14.9. The van der Waals surface area contributed by atoms with Crippen molar-refractivity contribution in [2.24, 2.45) is 23.5 Å². The van der Waals surface area contributed by atoms with Gasteiger partial charge < -0.3 is 10.6 Å². The molecule has 0 aromatic heterocycles. The quantitative estimate of drug-likeness (QED) is 0.850. The first kappa shape index (κ1) is 16.3. The minimum Gasteiger partial charge on any atom is -0.342 e. The van der Waals surface area contributed by atoms with Gasteiger partial charge in [0, 0.05) is 29.5 Å². The molecular weight excluding hydrogens is 364 g/mol. The Kier molecular flexibility index (Phi) is 4.54. The van der Waals surface area contributed by atoms with Crippen LogP contribution in [0.1, 0.15) is 30.7 Å². The van der Waals surface area contributed by atoms with E-state index in [1.165, 1.54) is 12.0 Å². The van der Waals surface area contributed by atoms with Crippen molar-refractivity contribution in [3.05, 3.63) is 34.3 Å². The maximum Gasteiger partial charge on any atom is 0.226 e. The Hall–Kier alpha value is -0.580. The molecule has 3 nitrogen and oxygen atoms in total. The Morgan fingerprint density at radius 1 is 1.27 bits per heavy atom. The van der Waals surface area contributed by atoms with Crippen molar-refractivity contribution in [1.29, 1.82) is 0 Å². The van der Waals surface area contributed by atoms with Crippen LogP contribution in [0.4, 0.5) is 0 Å². The SMILES string of the molecule is Cl.NC1CCC2CN(C(=O)C3CC3c3cccc(Br)c3)CC12. The monoisotopic (exact) mass is 384 g/mol. The summed E-state index contributed by atoms with van der Waals surface area (Å²) < 4.78 is 1.10. The molecule has 2 saturated carbocycles. The maximum atomic E-state index is 12.7. The van der Waals surface area contributed by atoms with Crippen LogP contribution in [-0.2, 0) is 4.79 Å². The number of nitrogens with two attached hydrogens (primary N) is 1. The van der Waals surface area contributed by atoms with Gasteiger partial charge in [-0.05, 0) is 54.7 Å². The number of rotatable bonds is 2. The summed E-state index contributed by atoms with van der Waals surface area (Å²) in [5.41, 5.74) is 7.46. The van der Waals surface area contributed by atoms with Gasteiger partial charge in [0.25, 0.3) is 0 Å². The molecule has 1 aromatic rings. The first-order valence-corrected chi connectivity index (χ1v) is 8.72. The smallest absolute Gasteiger partial charge is 0.226 e. The Balaban J connectivity index is 0.00000144. The van der Waals surface area contributed by atoms with Crippen LogP contribution < -0.4 is 5.73 Å². The van der Waals surface area contributed by atoms with E-state index in [1.54, 1.807) is 0 Å². The number of nitrogens with zero attached hydrogens (tertiary/aromatic N) is 1. The Labute approximate surface area is 146 Å². The molecule has 1 saturated heterocycles. The van der Waals surface area contributed by atoms with Crippen molar-refractivity contribution in [2.45, 2.75) is 31.2 Å². The fourth-order valence-corrected chi connectivity index (χ4v) is 4.71. The molecule has 0 bridgehead atoms. The molecule has 5 unspecified atom stereocenters. The molecule has 3 aliphatic rings. The van der Waals surface area contributed by atoms with Gasteiger partial charge in [-0.3, -0.25) is 4.79 Å². The summed E-state index contributed by atoms with van der Waals surface area (Å²) in [6.45, 7) is 1.84. The molecule has 1 heterocycles. The number of carbonyl (C=O) groups excluding carboxylic acids is 1. The van der Waals surface area contributed by atoms with E-state index in [9.17, 15) is 4.79 Å². The second-order valence-electron chi connectivity index (χ2n) is 6.91. The molecule has 0 radical (unpaired) electrons. The lowest BCUT2D eigenvalue weighted by molar-refractivity contribution is -0.131. The predicted octanol–water partition coefficient (Wildman–Crippen LogP) is 3.17. The van der Waals surface area contributed by atoms with Crippen LogP contribution in [0.3, 0.4) is 0 Å². The van der Waals surface area contributed by atoms with Crippen LogP contribution in [-0.4, -0.2) is 29.9 Å². The van der Waals surface area contributed by atoms with Crippen LogP contribution in [0.15, 0.2) is 28.7 Å². The number of amides is 1. The van der Waals surface area contributed by atoms with Gasteiger partial charge in [0.15, 0.2) is 0 Å².